The van der Waals surface area contributed by atoms with Gasteiger partial charge in [0.2, 0.25) is 0 Å². The number of fused-ring (bicyclic) bond motifs is 1. The summed E-state index contributed by atoms with van der Waals surface area (Å²) >= 11 is 0. The van der Waals surface area contributed by atoms with Crippen LogP contribution in [0.25, 0.3) is 5.76 Å². The number of aryl methyl sites for hydroxylation is 1. The maximum atomic E-state index is 12.8. The Morgan fingerprint density at radius 2 is 1.75 bits per heavy atom. The third-order valence-corrected chi connectivity index (χ3v) is 3.83. The molecule has 2 aromatic rings. The van der Waals surface area contributed by atoms with Crippen LogP contribution in [0.1, 0.15) is 29.5 Å². The van der Waals surface area contributed by atoms with Crippen LogP contribution < -0.4 is 4.74 Å². The average molecular weight is 332 g/mol. The van der Waals surface area contributed by atoms with E-state index in [1.165, 1.54) is 18.2 Å². The molecule has 2 aromatic carbocycles. The van der Waals surface area contributed by atoms with E-state index in [1.807, 2.05) is 24.3 Å². The predicted octanol–water partition coefficient (Wildman–Crippen LogP) is 5.03. The van der Waals surface area contributed by atoms with E-state index in [9.17, 15) is 18.0 Å². The van der Waals surface area contributed by atoms with Crippen molar-refractivity contribution in [3.63, 3.8) is 0 Å². The number of alkyl halides is 3. The van der Waals surface area contributed by atoms with Gasteiger partial charge in [-0.3, -0.25) is 4.79 Å². The Balaban J connectivity index is 1.98. The Morgan fingerprint density at radius 3 is 2.54 bits per heavy atom. The lowest BCUT2D eigenvalue weighted by atomic mass is 9.96. The quantitative estimate of drug-likeness (QED) is 0.771. The van der Waals surface area contributed by atoms with Gasteiger partial charge in [-0.1, -0.05) is 30.3 Å². The van der Waals surface area contributed by atoms with Gasteiger partial charge in [-0.25, -0.2) is 0 Å². The molecule has 3 rings (SSSR count). The van der Waals surface area contributed by atoms with Crippen molar-refractivity contribution in [2.45, 2.75) is 25.4 Å². The van der Waals surface area contributed by atoms with Crippen molar-refractivity contribution in [1.82, 2.24) is 0 Å². The summed E-state index contributed by atoms with van der Waals surface area (Å²) in [5.74, 6) is 0.250. The van der Waals surface area contributed by atoms with Crippen molar-refractivity contribution in [3.8, 4) is 5.75 Å². The van der Waals surface area contributed by atoms with Crippen molar-refractivity contribution < 1.29 is 22.7 Å². The summed E-state index contributed by atoms with van der Waals surface area (Å²) < 4.78 is 44.2. The average Bonchev–Trinajstić information content (AvgIpc) is 2.53. The smallest absolute Gasteiger partial charge is 0.416 e. The van der Waals surface area contributed by atoms with Gasteiger partial charge in [0.25, 0.3) is 0 Å². The van der Waals surface area contributed by atoms with Crippen LogP contribution in [0, 0.1) is 0 Å². The molecule has 0 spiro atoms. The van der Waals surface area contributed by atoms with Gasteiger partial charge in [0, 0.05) is 18.1 Å². The Hall–Kier alpha value is -2.56. The van der Waals surface area contributed by atoms with E-state index in [-0.39, 0.29) is 17.3 Å². The van der Waals surface area contributed by atoms with Crippen LogP contribution in [-0.2, 0) is 17.4 Å². The second kappa shape index (κ2) is 6.51. The lowest BCUT2D eigenvalue weighted by molar-refractivity contribution is -0.137. The van der Waals surface area contributed by atoms with Gasteiger partial charge >= 0.3 is 6.18 Å². The highest BCUT2D eigenvalue weighted by molar-refractivity contribution is 5.96. The molecule has 1 aliphatic rings. The molecule has 0 fully saturated rings. The monoisotopic (exact) mass is 332 g/mol. The fraction of sp³-hybridized carbons (Fsp3) is 0.211. The highest BCUT2D eigenvalue weighted by Gasteiger charge is 2.30. The summed E-state index contributed by atoms with van der Waals surface area (Å²) in [5.41, 5.74) is 0.970. The van der Waals surface area contributed by atoms with Gasteiger partial charge in [-0.15, -0.1) is 0 Å². The highest BCUT2D eigenvalue weighted by atomic mass is 19.4. The second-order valence-corrected chi connectivity index (χ2v) is 5.61. The molecule has 0 heterocycles. The predicted molar refractivity (Wildman–Crippen MR) is 84.4 cm³/mol. The number of allylic oxidation sites excluding steroid dienone is 1. The van der Waals surface area contributed by atoms with Gasteiger partial charge in [-0.05, 0) is 36.6 Å². The number of rotatable bonds is 2. The van der Waals surface area contributed by atoms with Crippen LogP contribution in [0.15, 0.2) is 54.6 Å². The topological polar surface area (TPSA) is 26.3 Å². The van der Waals surface area contributed by atoms with Gasteiger partial charge in [-0.2, -0.15) is 13.2 Å². The van der Waals surface area contributed by atoms with Crippen molar-refractivity contribution in [3.05, 3.63) is 71.3 Å². The molecule has 5 heteroatoms. The summed E-state index contributed by atoms with van der Waals surface area (Å²) in [6.45, 7) is 0. The van der Waals surface area contributed by atoms with Crippen LogP contribution in [0.5, 0.6) is 5.75 Å². The Bertz CT molecular complexity index is 791. The first-order valence-electron chi connectivity index (χ1n) is 7.61. The molecule has 0 saturated carbocycles. The van der Waals surface area contributed by atoms with Crippen molar-refractivity contribution in [2.75, 3.05) is 0 Å². The van der Waals surface area contributed by atoms with Gasteiger partial charge in [0.1, 0.15) is 11.5 Å². The number of carbonyl (C=O) groups is 1. The largest absolute Gasteiger partial charge is 0.457 e. The molecule has 0 aromatic heterocycles. The first-order chi connectivity index (χ1) is 11.4. The van der Waals surface area contributed by atoms with Gasteiger partial charge in [0.15, 0.2) is 5.78 Å². The molecule has 1 aliphatic carbocycles. The summed E-state index contributed by atoms with van der Waals surface area (Å²) in [5, 5.41) is 0. The normalized spacial score (nSPS) is 17.3. The molecule has 124 valence electrons. The van der Waals surface area contributed by atoms with Crippen LogP contribution in [-0.4, -0.2) is 5.78 Å². The van der Waals surface area contributed by atoms with Crippen molar-refractivity contribution >= 4 is 11.5 Å². The van der Waals surface area contributed by atoms with E-state index < -0.39 is 11.7 Å². The molecular weight excluding hydrogens is 317 g/mol. The van der Waals surface area contributed by atoms with Crippen molar-refractivity contribution in [2.24, 2.45) is 0 Å². The van der Waals surface area contributed by atoms with E-state index >= 15 is 0 Å². The number of carbonyl (C=O) groups excluding carboxylic acids is 1. The Labute approximate surface area is 137 Å². The fourth-order valence-corrected chi connectivity index (χ4v) is 2.68. The molecule has 24 heavy (non-hydrogen) atoms. The van der Waals surface area contributed by atoms with Gasteiger partial charge in [0.05, 0.1) is 5.56 Å². The van der Waals surface area contributed by atoms with Crippen LogP contribution >= 0.6 is 0 Å². The number of halogens is 3. The highest BCUT2D eigenvalue weighted by Crippen LogP contribution is 2.33. The van der Waals surface area contributed by atoms with Gasteiger partial charge < -0.3 is 4.74 Å². The lowest BCUT2D eigenvalue weighted by Crippen LogP contribution is -2.08. The molecule has 0 saturated heterocycles. The molecule has 0 N–H and O–H groups in total. The number of hydrogen-bond donors (Lipinski definition) is 0. The Morgan fingerprint density at radius 1 is 0.958 bits per heavy atom. The van der Waals surface area contributed by atoms with Crippen LogP contribution in [0.2, 0.25) is 0 Å². The summed E-state index contributed by atoms with van der Waals surface area (Å²) in [4.78, 5) is 11.9. The first kappa shape index (κ1) is 16.3. The Kier molecular flexibility index (Phi) is 4.42. The maximum Gasteiger partial charge on any atom is 0.416 e. The SMILES string of the molecule is O=C1/C=C(/Oc2cccc(C(F)(F)F)c2)c2ccccc2CCC1. The molecule has 0 aliphatic heterocycles. The minimum absolute atomic E-state index is 0.0549. The number of ether oxygens (including phenoxy) is 1. The molecule has 0 amide bonds. The van der Waals surface area contributed by atoms with E-state index in [1.54, 1.807) is 0 Å². The summed E-state index contributed by atoms with van der Waals surface area (Å²) in [6, 6.07) is 12.1. The zero-order chi connectivity index (χ0) is 17.2. The van der Waals surface area contributed by atoms with Crippen LogP contribution in [0.3, 0.4) is 0 Å². The molecule has 0 bridgehead atoms. The lowest BCUT2D eigenvalue weighted by Gasteiger charge is -2.17. The van der Waals surface area contributed by atoms with Crippen molar-refractivity contribution in [1.29, 1.82) is 0 Å². The summed E-state index contributed by atoms with van der Waals surface area (Å²) in [6.07, 6.45) is -1.21. The van der Waals surface area contributed by atoms with E-state index in [0.29, 0.717) is 6.42 Å². The number of ketones is 1. The number of benzene rings is 2. The summed E-state index contributed by atoms with van der Waals surface area (Å²) in [7, 11) is 0. The third-order valence-electron chi connectivity index (χ3n) is 3.83. The molecule has 2 nitrogen and oxygen atoms in total. The zero-order valence-corrected chi connectivity index (χ0v) is 12.8. The fourth-order valence-electron chi connectivity index (χ4n) is 2.68. The minimum atomic E-state index is -4.44. The minimum Gasteiger partial charge on any atom is -0.457 e. The zero-order valence-electron chi connectivity index (χ0n) is 12.8. The number of hydrogen-bond acceptors (Lipinski definition) is 2. The molecule has 0 atom stereocenters. The van der Waals surface area contributed by atoms with E-state index in [2.05, 4.69) is 0 Å². The molecular formula is C19H15F3O2. The second-order valence-electron chi connectivity index (χ2n) is 5.61. The first-order valence-corrected chi connectivity index (χ1v) is 7.61. The maximum absolute atomic E-state index is 12.8. The third kappa shape index (κ3) is 3.67. The molecule has 0 unspecified atom stereocenters. The van der Waals surface area contributed by atoms with E-state index in [4.69, 9.17) is 4.74 Å². The molecule has 0 radical (unpaired) electrons. The van der Waals surface area contributed by atoms with Crippen LogP contribution in [0.4, 0.5) is 13.2 Å². The standard InChI is InChI=1S/C19H15F3O2/c20-19(21,22)14-7-4-9-16(11-14)24-18-12-15(23)8-3-6-13-5-1-2-10-17(13)18/h1-2,4-5,7,9-12H,3,6,8H2/b18-12+. The van der Waals surface area contributed by atoms with E-state index in [0.717, 1.165) is 36.1 Å².